The summed E-state index contributed by atoms with van der Waals surface area (Å²) in [6.45, 7) is 4.06. The first kappa shape index (κ1) is 13.4. The number of rotatable bonds is 2. The highest BCUT2D eigenvalue weighted by Gasteiger charge is 2.74. The number of carbonyl (C=O) groups is 1. The maximum Gasteiger partial charge on any atom is 0.310 e. The number of carboxylic acid groups (broad SMARTS) is 1. The molecule has 2 heterocycles. The molecule has 0 aromatic heterocycles. The number of hydrogen-bond acceptors (Lipinski definition) is 4. The smallest absolute Gasteiger partial charge is 0.310 e. The lowest BCUT2D eigenvalue weighted by Crippen LogP contribution is -2.63. The maximum absolute atomic E-state index is 12.0. The van der Waals surface area contributed by atoms with Crippen molar-refractivity contribution in [2.24, 2.45) is 10.8 Å². The molecule has 2 saturated carbocycles. The molecule has 2 aliphatic heterocycles. The summed E-state index contributed by atoms with van der Waals surface area (Å²) >= 11 is 5.03. The van der Waals surface area contributed by atoms with E-state index >= 15 is 0 Å². The number of ether oxygens (including phenoxy) is 2. The van der Waals surface area contributed by atoms with Crippen molar-refractivity contribution in [3.63, 3.8) is 0 Å². The van der Waals surface area contributed by atoms with E-state index in [1.54, 1.807) is 0 Å². The minimum atomic E-state index is -0.829. The molecule has 0 radical (unpaired) electrons. The van der Waals surface area contributed by atoms with Gasteiger partial charge in [0.1, 0.15) is 6.10 Å². The zero-order chi connectivity index (χ0) is 14.3. The summed E-state index contributed by atoms with van der Waals surface area (Å²) in [5, 5.41) is 9.86. The second-order valence-electron chi connectivity index (χ2n) is 7.55. The standard InChI is InChI=1S/C15H22O4S/c1-13(5-3-8-10(7-13)18-8)15(20)11-9(19-11)4-6-14(15,2)12(16)17/h8-11,20H,3-7H2,1-2H3,(H,16,17). The Hall–Kier alpha value is -0.260. The van der Waals surface area contributed by atoms with Crippen LogP contribution in [0.25, 0.3) is 0 Å². The molecule has 7 atom stereocenters. The zero-order valence-electron chi connectivity index (χ0n) is 12.0. The average molecular weight is 298 g/mol. The van der Waals surface area contributed by atoms with Crippen LogP contribution in [0.2, 0.25) is 0 Å². The fourth-order valence-corrected chi connectivity index (χ4v) is 5.55. The first-order chi connectivity index (χ1) is 9.32. The van der Waals surface area contributed by atoms with Gasteiger partial charge in [0.25, 0.3) is 0 Å². The molecule has 20 heavy (non-hydrogen) atoms. The lowest BCUT2D eigenvalue weighted by atomic mass is 9.52. The molecule has 4 rings (SSSR count). The van der Waals surface area contributed by atoms with Crippen LogP contribution in [0.4, 0.5) is 0 Å². The number of epoxide rings is 2. The third-order valence-electron chi connectivity index (χ3n) is 6.48. The highest BCUT2D eigenvalue weighted by atomic mass is 32.1. The number of carboxylic acids is 1. The van der Waals surface area contributed by atoms with Gasteiger partial charge in [-0.2, -0.15) is 12.6 Å². The molecule has 4 aliphatic rings. The normalized spacial score (nSPS) is 60.4. The van der Waals surface area contributed by atoms with Crippen molar-refractivity contribution in [2.75, 3.05) is 0 Å². The van der Waals surface area contributed by atoms with Crippen molar-refractivity contribution >= 4 is 18.6 Å². The van der Waals surface area contributed by atoms with Gasteiger partial charge >= 0.3 is 5.97 Å². The molecule has 1 N–H and O–H groups in total. The summed E-state index contributed by atoms with van der Waals surface area (Å²) in [4.78, 5) is 12.0. The summed E-state index contributed by atoms with van der Waals surface area (Å²) < 4.78 is 10.9. The van der Waals surface area contributed by atoms with E-state index < -0.39 is 16.1 Å². The summed E-state index contributed by atoms with van der Waals surface area (Å²) in [6.07, 6.45) is 5.34. The Morgan fingerprint density at radius 3 is 2.50 bits per heavy atom. The molecule has 0 bridgehead atoms. The van der Waals surface area contributed by atoms with Crippen LogP contribution in [0.5, 0.6) is 0 Å². The van der Waals surface area contributed by atoms with E-state index in [0.29, 0.717) is 18.6 Å². The minimum absolute atomic E-state index is 0.0130. The van der Waals surface area contributed by atoms with Gasteiger partial charge in [-0.25, -0.2) is 0 Å². The highest BCUT2D eigenvalue weighted by molar-refractivity contribution is 7.82. The van der Waals surface area contributed by atoms with Crippen LogP contribution in [0.15, 0.2) is 0 Å². The fraction of sp³-hybridized carbons (Fsp3) is 0.933. The molecular formula is C15H22O4S. The topological polar surface area (TPSA) is 62.4 Å². The van der Waals surface area contributed by atoms with Gasteiger partial charge in [0, 0.05) is 0 Å². The monoisotopic (exact) mass is 298 g/mol. The van der Waals surface area contributed by atoms with Crippen LogP contribution in [-0.2, 0) is 14.3 Å². The molecule has 5 heteroatoms. The average Bonchev–Trinajstić information content (AvgIpc) is 3.26. The molecule has 2 aliphatic carbocycles. The number of fused-ring (bicyclic) bond motifs is 2. The van der Waals surface area contributed by atoms with Gasteiger partial charge in [0.2, 0.25) is 0 Å². The van der Waals surface area contributed by atoms with Gasteiger partial charge in [-0.05, 0) is 44.4 Å². The van der Waals surface area contributed by atoms with Gasteiger partial charge < -0.3 is 14.6 Å². The molecule has 112 valence electrons. The zero-order valence-corrected chi connectivity index (χ0v) is 12.9. The van der Waals surface area contributed by atoms with Crippen molar-refractivity contribution in [2.45, 2.75) is 75.1 Å². The van der Waals surface area contributed by atoms with Gasteiger partial charge in [0.15, 0.2) is 0 Å². The SMILES string of the molecule is CC1(C2(S)C3OC3CCC2(C)C(=O)O)CCC2OC2C1. The van der Waals surface area contributed by atoms with Crippen LogP contribution >= 0.6 is 12.6 Å². The molecule has 4 nitrogen and oxygen atoms in total. The summed E-state index contributed by atoms with van der Waals surface area (Å²) in [6, 6.07) is 0. The third-order valence-corrected chi connectivity index (χ3v) is 7.76. The number of aliphatic carboxylic acids is 1. The van der Waals surface area contributed by atoms with Crippen LogP contribution in [-0.4, -0.2) is 40.2 Å². The number of hydrogen-bond donors (Lipinski definition) is 2. The highest BCUT2D eigenvalue weighted by Crippen LogP contribution is 2.67. The fourth-order valence-electron chi connectivity index (χ4n) is 4.91. The van der Waals surface area contributed by atoms with Crippen LogP contribution in [0, 0.1) is 10.8 Å². The Bertz CT molecular complexity index is 482. The summed E-state index contributed by atoms with van der Waals surface area (Å²) in [7, 11) is 0. The van der Waals surface area contributed by atoms with E-state index in [1.807, 2.05) is 6.92 Å². The Morgan fingerprint density at radius 1 is 1.15 bits per heavy atom. The molecular weight excluding hydrogens is 276 g/mol. The quantitative estimate of drug-likeness (QED) is 0.606. The van der Waals surface area contributed by atoms with Crippen molar-refractivity contribution in [3.05, 3.63) is 0 Å². The van der Waals surface area contributed by atoms with E-state index in [0.717, 1.165) is 25.7 Å². The van der Waals surface area contributed by atoms with Crippen LogP contribution in [0.3, 0.4) is 0 Å². The Kier molecular flexibility index (Phi) is 2.50. The van der Waals surface area contributed by atoms with Gasteiger partial charge in [-0.1, -0.05) is 6.92 Å². The second-order valence-corrected chi connectivity index (χ2v) is 8.26. The minimum Gasteiger partial charge on any atom is -0.481 e. The van der Waals surface area contributed by atoms with E-state index in [9.17, 15) is 9.90 Å². The van der Waals surface area contributed by atoms with Crippen LogP contribution < -0.4 is 0 Å². The predicted molar refractivity (Wildman–Crippen MR) is 76.0 cm³/mol. The molecule has 0 spiro atoms. The molecule has 7 unspecified atom stereocenters. The lowest BCUT2D eigenvalue weighted by Gasteiger charge is -2.55. The van der Waals surface area contributed by atoms with Gasteiger partial charge in [0.05, 0.1) is 28.5 Å². The summed E-state index contributed by atoms with van der Waals surface area (Å²) in [5.41, 5.74) is -0.967. The molecule has 0 aromatic carbocycles. The second kappa shape index (κ2) is 3.73. The van der Waals surface area contributed by atoms with Crippen molar-refractivity contribution < 1.29 is 19.4 Å². The predicted octanol–water partition coefficient (Wildman–Crippen LogP) is 2.26. The van der Waals surface area contributed by atoms with Crippen molar-refractivity contribution in [1.82, 2.24) is 0 Å². The van der Waals surface area contributed by atoms with Crippen molar-refractivity contribution in [3.8, 4) is 0 Å². The maximum atomic E-state index is 12.0. The molecule has 0 aromatic rings. The number of thiol groups is 1. The van der Waals surface area contributed by atoms with E-state index in [4.69, 9.17) is 22.1 Å². The summed E-state index contributed by atoms with van der Waals surface area (Å²) in [5.74, 6) is -0.735. The largest absolute Gasteiger partial charge is 0.481 e. The molecule has 2 saturated heterocycles. The van der Waals surface area contributed by atoms with Gasteiger partial charge in [-0.15, -0.1) is 0 Å². The molecule has 0 amide bonds. The van der Waals surface area contributed by atoms with Crippen LogP contribution in [0.1, 0.15) is 46.0 Å². The van der Waals surface area contributed by atoms with Gasteiger partial charge in [-0.3, -0.25) is 4.79 Å². The van der Waals surface area contributed by atoms with E-state index in [-0.39, 0.29) is 17.6 Å². The van der Waals surface area contributed by atoms with E-state index in [2.05, 4.69) is 6.92 Å². The first-order valence-corrected chi connectivity index (χ1v) is 8.03. The Morgan fingerprint density at radius 2 is 1.85 bits per heavy atom. The Labute approximate surface area is 124 Å². The lowest BCUT2D eigenvalue weighted by molar-refractivity contribution is -0.155. The van der Waals surface area contributed by atoms with Crippen molar-refractivity contribution in [1.29, 1.82) is 0 Å². The first-order valence-electron chi connectivity index (χ1n) is 7.58. The third kappa shape index (κ3) is 1.44. The molecule has 4 fully saturated rings. The van der Waals surface area contributed by atoms with E-state index in [1.165, 1.54) is 0 Å². The Balaban J connectivity index is 1.76.